The fraction of sp³-hybridized carbons (Fsp3) is 0.500. The molecule has 0 saturated carbocycles. The topological polar surface area (TPSA) is 92.9 Å². The van der Waals surface area contributed by atoms with Gasteiger partial charge >= 0.3 is 0 Å². The van der Waals surface area contributed by atoms with Crippen molar-refractivity contribution in [3.8, 4) is 0 Å². The van der Waals surface area contributed by atoms with Crippen LogP contribution in [0.15, 0.2) is 17.0 Å². The van der Waals surface area contributed by atoms with Crippen molar-refractivity contribution in [2.24, 2.45) is 0 Å². The van der Waals surface area contributed by atoms with Crippen molar-refractivity contribution in [1.29, 1.82) is 0 Å². The molecule has 0 radical (unpaired) electrons. The Kier molecular flexibility index (Phi) is 5.02. The van der Waals surface area contributed by atoms with Gasteiger partial charge in [-0.3, -0.25) is 0 Å². The fourth-order valence-electron chi connectivity index (χ4n) is 2.26. The maximum absolute atomic E-state index is 12.7. The molecule has 0 amide bonds. The van der Waals surface area contributed by atoms with Gasteiger partial charge in [-0.05, 0) is 19.1 Å². The molecule has 0 aliphatic carbocycles. The van der Waals surface area contributed by atoms with E-state index in [9.17, 15) is 13.5 Å². The Morgan fingerprint density at radius 3 is 2.48 bits per heavy atom. The molecule has 0 spiro atoms. The lowest BCUT2D eigenvalue weighted by Gasteiger charge is -2.35. The molecule has 3 N–H and O–H groups in total. The summed E-state index contributed by atoms with van der Waals surface area (Å²) < 4.78 is 32.1. The van der Waals surface area contributed by atoms with E-state index < -0.39 is 16.1 Å². The van der Waals surface area contributed by atoms with Crippen molar-refractivity contribution >= 4 is 38.9 Å². The molecule has 1 saturated heterocycles. The number of halogens is 2. The number of benzene rings is 1. The zero-order chi connectivity index (χ0) is 15.8. The van der Waals surface area contributed by atoms with Gasteiger partial charge in [-0.1, -0.05) is 23.2 Å². The maximum atomic E-state index is 12.7. The van der Waals surface area contributed by atoms with Gasteiger partial charge in [0, 0.05) is 18.8 Å². The molecule has 1 aliphatic rings. The van der Waals surface area contributed by atoms with Crippen molar-refractivity contribution < 1.29 is 18.3 Å². The lowest BCUT2D eigenvalue weighted by atomic mass is 10.2. The minimum Gasteiger partial charge on any atom is -0.399 e. The first-order valence-electron chi connectivity index (χ1n) is 6.26. The van der Waals surface area contributed by atoms with E-state index in [1.165, 1.54) is 16.4 Å². The molecular weight excluding hydrogens is 339 g/mol. The number of anilines is 1. The second kappa shape index (κ2) is 6.28. The summed E-state index contributed by atoms with van der Waals surface area (Å²) in [5.74, 6) is 0. The average Bonchev–Trinajstić information content (AvgIpc) is 2.36. The number of hydrogen-bond donors (Lipinski definition) is 2. The van der Waals surface area contributed by atoms with Crippen LogP contribution in [0.2, 0.25) is 10.0 Å². The van der Waals surface area contributed by atoms with E-state index in [2.05, 4.69) is 0 Å². The molecular formula is C12H16Cl2N2O4S. The molecule has 1 aromatic rings. The Hall–Kier alpha value is -0.570. The summed E-state index contributed by atoms with van der Waals surface area (Å²) in [6.07, 6.45) is -0.910. The van der Waals surface area contributed by atoms with Crippen LogP contribution in [0.3, 0.4) is 0 Å². The third kappa shape index (κ3) is 3.44. The molecule has 1 heterocycles. The largest absolute Gasteiger partial charge is 0.399 e. The number of rotatable bonds is 3. The van der Waals surface area contributed by atoms with Crippen LogP contribution in [0.1, 0.15) is 6.92 Å². The SMILES string of the molecule is CC1CN(S(=O)(=O)c2c(Cl)cc(N)cc2Cl)CC(CO)O1. The van der Waals surface area contributed by atoms with E-state index in [1.807, 2.05) is 0 Å². The predicted molar refractivity (Wildman–Crippen MR) is 81.1 cm³/mol. The van der Waals surface area contributed by atoms with Crippen LogP contribution in [-0.2, 0) is 14.8 Å². The minimum atomic E-state index is -3.89. The first-order valence-corrected chi connectivity index (χ1v) is 8.46. The molecule has 1 fully saturated rings. The number of morpholine rings is 1. The normalized spacial score (nSPS) is 24.2. The van der Waals surface area contributed by atoms with Crippen LogP contribution < -0.4 is 5.73 Å². The molecule has 6 nitrogen and oxygen atoms in total. The molecule has 1 aromatic carbocycles. The number of nitrogen functional groups attached to an aromatic ring is 1. The second-order valence-corrected chi connectivity index (χ2v) is 7.58. The third-order valence-electron chi connectivity index (χ3n) is 3.11. The number of nitrogens with two attached hydrogens (primary N) is 1. The zero-order valence-corrected chi connectivity index (χ0v) is 13.6. The highest BCUT2D eigenvalue weighted by Crippen LogP contribution is 2.34. The number of ether oxygens (including phenoxy) is 1. The molecule has 0 bridgehead atoms. The molecule has 118 valence electrons. The second-order valence-electron chi connectivity index (χ2n) is 4.89. The summed E-state index contributed by atoms with van der Waals surface area (Å²) in [6.45, 7) is 1.67. The van der Waals surface area contributed by atoms with Crippen molar-refractivity contribution in [3.05, 3.63) is 22.2 Å². The van der Waals surface area contributed by atoms with E-state index in [4.69, 9.17) is 33.7 Å². The van der Waals surface area contributed by atoms with Gasteiger partial charge in [-0.15, -0.1) is 0 Å². The monoisotopic (exact) mass is 354 g/mol. The van der Waals surface area contributed by atoms with Crippen molar-refractivity contribution in [3.63, 3.8) is 0 Å². The van der Waals surface area contributed by atoms with E-state index in [-0.39, 0.29) is 46.4 Å². The van der Waals surface area contributed by atoms with Gasteiger partial charge in [0.2, 0.25) is 10.0 Å². The number of aliphatic hydroxyl groups excluding tert-OH is 1. The van der Waals surface area contributed by atoms with Crippen LogP contribution in [0.25, 0.3) is 0 Å². The Labute approximate surface area is 133 Å². The third-order valence-corrected chi connectivity index (χ3v) is 5.87. The van der Waals surface area contributed by atoms with Crippen LogP contribution >= 0.6 is 23.2 Å². The molecule has 2 rings (SSSR count). The van der Waals surface area contributed by atoms with Gasteiger partial charge in [-0.25, -0.2) is 8.42 Å². The van der Waals surface area contributed by atoms with Crippen molar-refractivity contribution in [2.45, 2.75) is 24.0 Å². The minimum absolute atomic E-state index is 0.0281. The first-order chi connectivity index (χ1) is 9.75. The maximum Gasteiger partial charge on any atom is 0.246 e. The molecule has 2 unspecified atom stereocenters. The lowest BCUT2D eigenvalue weighted by Crippen LogP contribution is -2.50. The highest BCUT2D eigenvalue weighted by atomic mass is 35.5. The molecule has 9 heteroatoms. The van der Waals surface area contributed by atoms with Gasteiger partial charge < -0.3 is 15.6 Å². The lowest BCUT2D eigenvalue weighted by molar-refractivity contribution is -0.0750. The standard InChI is InChI=1S/C12H16Cl2N2O4S/c1-7-4-16(5-9(6-17)20-7)21(18,19)12-10(13)2-8(15)3-11(12)14/h2-3,7,9,17H,4-6,15H2,1H3. The summed E-state index contributed by atoms with van der Waals surface area (Å²) in [5.41, 5.74) is 5.87. The summed E-state index contributed by atoms with van der Waals surface area (Å²) >= 11 is 12.0. The highest BCUT2D eigenvalue weighted by Gasteiger charge is 2.36. The molecule has 2 atom stereocenters. The first kappa shape index (κ1) is 16.8. The number of sulfonamides is 1. The van der Waals surface area contributed by atoms with Crippen LogP contribution in [0.4, 0.5) is 5.69 Å². The fourth-order valence-corrected chi connectivity index (χ4v) is 4.98. The molecule has 21 heavy (non-hydrogen) atoms. The van der Waals surface area contributed by atoms with Crippen molar-refractivity contribution in [1.82, 2.24) is 4.31 Å². The van der Waals surface area contributed by atoms with Gasteiger partial charge in [-0.2, -0.15) is 4.31 Å². The molecule has 0 aromatic heterocycles. The van der Waals surface area contributed by atoms with Crippen LogP contribution in [0, 0.1) is 0 Å². The van der Waals surface area contributed by atoms with E-state index in [0.717, 1.165) is 0 Å². The Morgan fingerprint density at radius 2 is 1.95 bits per heavy atom. The summed E-state index contributed by atoms with van der Waals surface area (Å²) in [7, 11) is -3.89. The molecule has 1 aliphatic heterocycles. The van der Waals surface area contributed by atoms with E-state index in [0.29, 0.717) is 0 Å². The zero-order valence-electron chi connectivity index (χ0n) is 11.3. The van der Waals surface area contributed by atoms with E-state index in [1.54, 1.807) is 6.92 Å². The Bertz CT molecular complexity index is 615. The predicted octanol–water partition coefficient (Wildman–Crippen LogP) is 1.35. The summed E-state index contributed by atoms with van der Waals surface area (Å²) in [4.78, 5) is -0.175. The number of hydrogen-bond acceptors (Lipinski definition) is 5. The van der Waals surface area contributed by atoms with Gasteiger partial charge in [0.1, 0.15) is 4.90 Å². The Balaban J connectivity index is 2.43. The number of aliphatic hydroxyl groups is 1. The van der Waals surface area contributed by atoms with Gasteiger partial charge in [0.05, 0.1) is 28.9 Å². The smallest absolute Gasteiger partial charge is 0.246 e. The average molecular weight is 355 g/mol. The summed E-state index contributed by atoms with van der Waals surface area (Å²) in [5, 5.41) is 9.14. The van der Waals surface area contributed by atoms with Crippen molar-refractivity contribution in [2.75, 3.05) is 25.4 Å². The Morgan fingerprint density at radius 1 is 1.38 bits per heavy atom. The number of nitrogens with zero attached hydrogens (tertiary/aromatic N) is 1. The van der Waals surface area contributed by atoms with Crippen LogP contribution in [0.5, 0.6) is 0 Å². The van der Waals surface area contributed by atoms with Gasteiger partial charge in [0.15, 0.2) is 0 Å². The van der Waals surface area contributed by atoms with Gasteiger partial charge in [0.25, 0.3) is 0 Å². The quantitative estimate of drug-likeness (QED) is 0.799. The van der Waals surface area contributed by atoms with Crippen LogP contribution in [-0.4, -0.2) is 49.7 Å². The summed E-state index contributed by atoms with van der Waals surface area (Å²) in [6, 6.07) is 2.68. The highest BCUT2D eigenvalue weighted by molar-refractivity contribution is 7.89. The van der Waals surface area contributed by atoms with E-state index >= 15 is 0 Å².